The Kier molecular flexibility index (Phi) is 3.71. The van der Waals surface area contributed by atoms with Crippen LogP contribution in [0.1, 0.15) is 18.9 Å². The highest BCUT2D eigenvalue weighted by molar-refractivity contribution is 5.51. The van der Waals surface area contributed by atoms with Gasteiger partial charge < -0.3 is 16.2 Å². The van der Waals surface area contributed by atoms with Crippen LogP contribution in [0.3, 0.4) is 0 Å². The van der Waals surface area contributed by atoms with Gasteiger partial charge in [0.2, 0.25) is 0 Å². The van der Waals surface area contributed by atoms with Crippen LogP contribution in [-0.2, 0) is 0 Å². The molecule has 0 aliphatic rings. The zero-order chi connectivity index (χ0) is 10.6. The molecule has 1 aromatic heterocycles. The Morgan fingerprint density at radius 3 is 2.86 bits per heavy atom. The molecule has 0 saturated heterocycles. The van der Waals surface area contributed by atoms with E-state index in [0.29, 0.717) is 5.69 Å². The van der Waals surface area contributed by atoms with Gasteiger partial charge >= 0.3 is 0 Å². The van der Waals surface area contributed by atoms with Gasteiger partial charge in [0.25, 0.3) is 0 Å². The molecule has 1 atom stereocenters. The van der Waals surface area contributed by atoms with Crippen LogP contribution in [0, 0.1) is 6.92 Å². The number of aromatic nitrogens is 1. The Hall–Kier alpha value is -1.29. The Labute approximate surface area is 84.2 Å². The number of aryl methyl sites for hydroxylation is 1. The Bertz CT molecular complexity index is 297. The number of nitrogens with one attached hydrogen (secondary N) is 1. The second-order valence-electron chi connectivity index (χ2n) is 3.36. The molecule has 78 valence electrons. The molecule has 0 aliphatic carbocycles. The third kappa shape index (κ3) is 2.60. The highest BCUT2D eigenvalue weighted by atomic mass is 16.3. The first-order valence-corrected chi connectivity index (χ1v) is 4.77. The third-order valence-corrected chi connectivity index (χ3v) is 2.22. The van der Waals surface area contributed by atoms with Crippen molar-refractivity contribution in [2.45, 2.75) is 26.3 Å². The van der Waals surface area contributed by atoms with Gasteiger partial charge in [-0.1, -0.05) is 6.92 Å². The van der Waals surface area contributed by atoms with Crippen LogP contribution in [0.4, 0.5) is 11.5 Å². The summed E-state index contributed by atoms with van der Waals surface area (Å²) in [4.78, 5) is 4.13. The Morgan fingerprint density at radius 1 is 1.64 bits per heavy atom. The first kappa shape index (κ1) is 10.8. The number of hydrogen-bond donors (Lipinski definition) is 3. The monoisotopic (exact) mass is 195 g/mol. The van der Waals surface area contributed by atoms with Crippen molar-refractivity contribution in [1.29, 1.82) is 0 Å². The van der Waals surface area contributed by atoms with E-state index in [0.717, 1.165) is 17.8 Å². The quantitative estimate of drug-likeness (QED) is 0.674. The van der Waals surface area contributed by atoms with Crippen molar-refractivity contribution in [3.8, 4) is 0 Å². The van der Waals surface area contributed by atoms with Crippen LogP contribution in [0.5, 0.6) is 0 Å². The zero-order valence-corrected chi connectivity index (χ0v) is 8.62. The fraction of sp³-hybridized carbons (Fsp3) is 0.500. The minimum atomic E-state index is 0.0607. The van der Waals surface area contributed by atoms with Gasteiger partial charge in [0.15, 0.2) is 0 Å². The number of pyridine rings is 1. The minimum Gasteiger partial charge on any atom is -0.397 e. The third-order valence-electron chi connectivity index (χ3n) is 2.22. The number of hydrogen-bond acceptors (Lipinski definition) is 4. The summed E-state index contributed by atoms with van der Waals surface area (Å²) in [6.45, 7) is 4.06. The van der Waals surface area contributed by atoms with Crippen molar-refractivity contribution in [3.05, 3.63) is 17.8 Å². The number of aliphatic hydroxyl groups excluding tert-OH is 1. The molecule has 0 amide bonds. The van der Waals surface area contributed by atoms with Crippen LogP contribution < -0.4 is 11.1 Å². The first-order chi connectivity index (χ1) is 6.67. The molecular formula is C10H17N3O. The van der Waals surface area contributed by atoms with Crippen molar-refractivity contribution in [2.75, 3.05) is 17.7 Å². The lowest BCUT2D eigenvalue weighted by atomic mass is 10.2. The number of rotatable bonds is 4. The smallest absolute Gasteiger partial charge is 0.126 e. The van der Waals surface area contributed by atoms with Crippen LogP contribution in [-0.4, -0.2) is 22.7 Å². The average Bonchev–Trinajstić information content (AvgIpc) is 2.19. The molecule has 0 bridgehead atoms. The predicted octanol–water partition coefficient (Wildman–Crippen LogP) is 1.16. The van der Waals surface area contributed by atoms with E-state index in [4.69, 9.17) is 10.8 Å². The SMILES string of the molecule is CCC(CO)Nc1cc(C)c(N)cn1. The van der Waals surface area contributed by atoms with Crippen LogP contribution in [0.2, 0.25) is 0 Å². The fourth-order valence-electron chi connectivity index (χ4n) is 1.13. The second-order valence-corrected chi connectivity index (χ2v) is 3.36. The summed E-state index contributed by atoms with van der Waals surface area (Å²) in [5.74, 6) is 0.762. The highest BCUT2D eigenvalue weighted by Gasteiger charge is 2.05. The molecule has 0 spiro atoms. The molecule has 1 aromatic rings. The van der Waals surface area contributed by atoms with Crippen molar-refractivity contribution < 1.29 is 5.11 Å². The maximum absolute atomic E-state index is 9.00. The van der Waals surface area contributed by atoms with E-state index >= 15 is 0 Å². The molecule has 0 fully saturated rings. The summed E-state index contributed by atoms with van der Waals surface area (Å²) in [6.07, 6.45) is 2.49. The first-order valence-electron chi connectivity index (χ1n) is 4.77. The van der Waals surface area contributed by atoms with Crippen LogP contribution in [0.15, 0.2) is 12.3 Å². The molecule has 0 aromatic carbocycles. The van der Waals surface area contributed by atoms with Gasteiger partial charge in [0.1, 0.15) is 5.82 Å². The summed E-state index contributed by atoms with van der Waals surface area (Å²) in [7, 11) is 0. The summed E-state index contributed by atoms with van der Waals surface area (Å²) in [6, 6.07) is 1.94. The number of nitrogen functional groups attached to an aromatic ring is 1. The molecular weight excluding hydrogens is 178 g/mol. The standard InChI is InChI=1S/C10H17N3O/c1-3-8(6-14)13-10-4-7(2)9(11)5-12-10/h4-5,8,14H,3,6,11H2,1-2H3,(H,12,13). The van der Waals surface area contributed by atoms with E-state index in [1.807, 2.05) is 19.9 Å². The minimum absolute atomic E-state index is 0.0607. The Balaban J connectivity index is 2.72. The van der Waals surface area contributed by atoms with Gasteiger partial charge in [-0.2, -0.15) is 0 Å². The second kappa shape index (κ2) is 4.81. The number of nitrogens with zero attached hydrogens (tertiary/aromatic N) is 1. The van der Waals surface area contributed by atoms with Gasteiger partial charge in [0.05, 0.1) is 24.5 Å². The largest absolute Gasteiger partial charge is 0.397 e. The Morgan fingerprint density at radius 2 is 2.36 bits per heavy atom. The van der Waals surface area contributed by atoms with Crippen molar-refractivity contribution in [1.82, 2.24) is 4.98 Å². The lowest BCUT2D eigenvalue weighted by Gasteiger charge is -2.15. The van der Waals surface area contributed by atoms with Crippen LogP contribution >= 0.6 is 0 Å². The molecule has 4 nitrogen and oxygen atoms in total. The predicted molar refractivity (Wildman–Crippen MR) is 58.2 cm³/mol. The van der Waals surface area contributed by atoms with E-state index in [-0.39, 0.29) is 12.6 Å². The fourth-order valence-corrected chi connectivity index (χ4v) is 1.13. The maximum atomic E-state index is 9.00. The van der Waals surface area contributed by atoms with Crippen molar-refractivity contribution in [2.24, 2.45) is 0 Å². The topological polar surface area (TPSA) is 71.2 Å². The van der Waals surface area contributed by atoms with Gasteiger partial charge in [-0.3, -0.25) is 0 Å². The molecule has 1 rings (SSSR count). The average molecular weight is 195 g/mol. The van der Waals surface area contributed by atoms with E-state index in [1.165, 1.54) is 0 Å². The normalized spacial score (nSPS) is 12.5. The lowest BCUT2D eigenvalue weighted by molar-refractivity contribution is 0.271. The number of anilines is 2. The summed E-state index contributed by atoms with van der Waals surface area (Å²) in [5, 5.41) is 12.1. The van der Waals surface area contributed by atoms with Crippen LogP contribution in [0.25, 0.3) is 0 Å². The van der Waals surface area contributed by atoms with E-state index in [1.54, 1.807) is 6.20 Å². The van der Waals surface area contributed by atoms with E-state index < -0.39 is 0 Å². The summed E-state index contributed by atoms with van der Waals surface area (Å²) < 4.78 is 0. The molecule has 4 N–H and O–H groups in total. The van der Waals surface area contributed by atoms with Crippen molar-refractivity contribution in [3.63, 3.8) is 0 Å². The molecule has 0 radical (unpaired) electrons. The van der Waals surface area contributed by atoms with E-state index in [9.17, 15) is 0 Å². The van der Waals surface area contributed by atoms with Gasteiger partial charge in [-0.05, 0) is 25.0 Å². The van der Waals surface area contributed by atoms with Gasteiger partial charge in [0, 0.05) is 0 Å². The summed E-state index contributed by atoms with van der Waals surface area (Å²) >= 11 is 0. The zero-order valence-electron chi connectivity index (χ0n) is 8.62. The maximum Gasteiger partial charge on any atom is 0.126 e. The lowest BCUT2D eigenvalue weighted by Crippen LogP contribution is -2.23. The van der Waals surface area contributed by atoms with E-state index in [2.05, 4.69) is 10.3 Å². The molecule has 0 aliphatic heterocycles. The van der Waals surface area contributed by atoms with Gasteiger partial charge in [-0.25, -0.2) is 4.98 Å². The summed E-state index contributed by atoms with van der Waals surface area (Å²) in [5.41, 5.74) is 7.33. The molecule has 1 heterocycles. The number of nitrogens with two attached hydrogens (primary N) is 1. The molecule has 0 saturated carbocycles. The molecule has 1 unspecified atom stereocenters. The highest BCUT2D eigenvalue weighted by Crippen LogP contribution is 2.14. The number of aliphatic hydroxyl groups is 1. The molecule has 4 heteroatoms. The van der Waals surface area contributed by atoms with Gasteiger partial charge in [-0.15, -0.1) is 0 Å². The molecule has 14 heavy (non-hydrogen) atoms. The van der Waals surface area contributed by atoms with Crippen molar-refractivity contribution >= 4 is 11.5 Å².